The summed E-state index contributed by atoms with van der Waals surface area (Å²) in [5.74, 6) is 1.74. The third kappa shape index (κ3) is 3.60. The topological polar surface area (TPSA) is 33.1 Å². The van der Waals surface area contributed by atoms with Gasteiger partial charge in [-0.05, 0) is 30.2 Å². The van der Waals surface area contributed by atoms with E-state index in [0.717, 1.165) is 36.5 Å². The van der Waals surface area contributed by atoms with E-state index in [0.29, 0.717) is 24.3 Å². The van der Waals surface area contributed by atoms with E-state index in [4.69, 9.17) is 0 Å². The molecule has 25 heavy (non-hydrogen) atoms. The number of rotatable bonds is 6. The lowest BCUT2D eigenvalue weighted by Gasteiger charge is -2.22. The Hall–Kier alpha value is -1.79. The first-order valence-electron chi connectivity index (χ1n) is 9.00. The summed E-state index contributed by atoms with van der Waals surface area (Å²) < 4.78 is 26.8. The molecule has 2 fully saturated rings. The smallest absolute Gasteiger partial charge is 0.307 e. The van der Waals surface area contributed by atoms with E-state index in [1.54, 1.807) is 0 Å². The molecule has 134 valence electrons. The van der Waals surface area contributed by atoms with Gasteiger partial charge in [-0.15, -0.1) is 0 Å². The van der Waals surface area contributed by atoms with Gasteiger partial charge in [-0.25, -0.2) is 4.98 Å². The van der Waals surface area contributed by atoms with Crippen molar-refractivity contribution in [2.75, 3.05) is 13.1 Å². The molecule has 4 nitrogen and oxygen atoms in total. The maximum Gasteiger partial charge on any atom is 0.319 e. The summed E-state index contributed by atoms with van der Waals surface area (Å²) in [5.41, 5.74) is 1.35. The highest BCUT2D eigenvalue weighted by atomic mass is 19.3. The molecule has 6 heteroatoms. The molecule has 0 unspecified atom stereocenters. The minimum atomic E-state index is -2.52. The van der Waals surface area contributed by atoms with Crippen molar-refractivity contribution >= 4 is 0 Å². The Balaban J connectivity index is 1.33. The van der Waals surface area contributed by atoms with Crippen LogP contribution in [0.25, 0.3) is 0 Å². The van der Waals surface area contributed by atoms with E-state index < -0.39 is 6.55 Å². The number of hydrogen-bond acceptors (Lipinski definition) is 3. The van der Waals surface area contributed by atoms with Gasteiger partial charge < -0.3 is 5.32 Å². The number of benzene rings is 1. The standard InChI is InChI=1S/C19H24F2N4/c20-19(21)25-9-8-22-18(25)10-23-17-7-6-15-12-24(13-16(15)17)11-14-4-2-1-3-5-14/h1-5,8-9,15-17,19,23H,6-7,10-13H2/t15-,16-,17+/m0/s1. The van der Waals surface area contributed by atoms with Crippen LogP contribution in [-0.4, -0.2) is 33.6 Å². The number of imidazole rings is 1. The second kappa shape index (κ2) is 7.22. The van der Waals surface area contributed by atoms with Gasteiger partial charge in [-0.3, -0.25) is 9.47 Å². The lowest BCUT2D eigenvalue weighted by atomic mass is 9.98. The zero-order valence-electron chi connectivity index (χ0n) is 14.2. The van der Waals surface area contributed by atoms with Crippen LogP contribution in [0.1, 0.15) is 30.8 Å². The molecule has 1 aromatic heterocycles. The van der Waals surface area contributed by atoms with Gasteiger partial charge in [0.15, 0.2) is 0 Å². The number of nitrogens with zero attached hydrogens (tertiary/aromatic N) is 3. The summed E-state index contributed by atoms with van der Waals surface area (Å²) in [4.78, 5) is 6.59. The van der Waals surface area contributed by atoms with Gasteiger partial charge in [-0.2, -0.15) is 8.78 Å². The van der Waals surface area contributed by atoms with Gasteiger partial charge in [-0.1, -0.05) is 30.3 Å². The zero-order valence-corrected chi connectivity index (χ0v) is 14.2. The van der Waals surface area contributed by atoms with Gasteiger partial charge in [0, 0.05) is 38.1 Å². The third-order valence-electron chi connectivity index (χ3n) is 5.66. The highest BCUT2D eigenvalue weighted by Crippen LogP contribution is 2.38. The van der Waals surface area contributed by atoms with E-state index in [9.17, 15) is 8.78 Å². The molecule has 0 spiro atoms. The Morgan fingerprint density at radius 3 is 2.80 bits per heavy atom. The minimum Gasteiger partial charge on any atom is -0.307 e. The number of likely N-dealkylation sites (tertiary alicyclic amines) is 1. The van der Waals surface area contributed by atoms with E-state index >= 15 is 0 Å². The Kier molecular flexibility index (Phi) is 4.81. The molecule has 2 aliphatic rings. The first-order chi connectivity index (χ1) is 12.2. The molecule has 2 heterocycles. The molecular weight excluding hydrogens is 322 g/mol. The molecule has 1 saturated carbocycles. The maximum atomic E-state index is 12.9. The second-order valence-corrected chi connectivity index (χ2v) is 7.20. The quantitative estimate of drug-likeness (QED) is 0.871. The molecular formula is C19H24F2N4. The summed E-state index contributed by atoms with van der Waals surface area (Å²) in [6, 6.07) is 11.0. The van der Waals surface area contributed by atoms with Crippen molar-refractivity contribution in [1.29, 1.82) is 0 Å². The van der Waals surface area contributed by atoms with Crippen molar-refractivity contribution in [3.8, 4) is 0 Å². The van der Waals surface area contributed by atoms with E-state index in [1.807, 2.05) is 6.07 Å². The van der Waals surface area contributed by atoms with Crippen LogP contribution in [0.15, 0.2) is 42.7 Å². The number of nitrogens with one attached hydrogen (secondary N) is 1. The molecule has 1 saturated heterocycles. The van der Waals surface area contributed by atoms with Crippen LogP contribution >= 0.6 is 0 Å². The fourth-order valence-electron chi connectivity index (χ4n) is 4.46. The number of halogens is 2. The van der Waals surface area contributed by atoms with Crippen LogP contribution < -0.4 is 5.32 Å². The molecule has 1 aliphatic heterocycles. The molecule has 4 rings (SSSR count). The normalized spacial score (nSPS) is 26.4. The van der Waals surface area contributed by atoms with Crippen LogP contribution in [0, 0.1) is 11.8 Å². The van der Waals surface area contributed by atoms with Gasteiger partial charge in [0.25, 0.3) is 0 Å². The molecule has 1 aromatic carbocycles. The summed E-state index contributed by atoms with van der Waals surface area (Å²) in [5, 5.41) is 3.49. The van der Waals surface area contributed by atoms with Gasteiger partial charge in [0.05, 0.1) is 6.54 Å². The third-order valence-corrected chi connectivity index (χ3v) is 5.66. The Morgan fingerprint density at radius 1 is 1.16 bits per heavy atom. The Labute approximate surface area is 146 Å². The summed E-state index contributed by atoms with van der Waals surface area (Å²) in [7, 11) is 0. The van der Waals surface area contributed by atoms with Crippen LogP contribution in [0.5, 0.6) is 0 Å². The molecule has 0 bridgehead atoms. The minimum absolute atomic E-state index is 0.397. The van der Waals surface area contributed by atoms with Crippen molar-refractivity contribution < 1.29 is 8.78 Å². The Morgan fingerprint density at radius 2 is 2.00 bits per heavy atom. The molecule has 0 radical (unpaired) electrons. The average molecular weight is 346 g/mol. The molecule has 2 aromatic rings. The maximum absolute atomic E-state index is 12.9. The van der Waals surface area contributed by atoms with E-state index in [1.165, 1.54) is 24.4 Å². The summed E-state index contributed by atoms with van der Waals surface area (Å²) in [6.07, 6.45) is 5.13. The van der Waals surface area contributed by atoms with E-state index in [-0.39, 0.29) is 0 Å². The molecule has 0 amide bonds. The predicted molar refractivity (Wildman–Crippen MR) is 92.0 cm³/mol. The largest absolute Gasteiger partial charge is 0.319 e. The zero-order chi connectivity index (χ0) is 17.2. The lowest BCUT2D eigenvalue weighted by Crippen LogP contribution is -2.36. The molecule has 1 N–H and O–H groups in total. The van der Waals surface area contributed by atoms with Crippen LogP contribution in [0.2, 0.25) is 0 Å². The van der Waals surface area contributed by atoms with Crippen molar-refractivity contribution in [1.82, 2.24) is 19.8 Å². The highest BCUT2D eigenvalue weighted by Gasteiger charge is 2.42. The SMILES string of the molecule is FC(F)n1ccnc1CN[C@@H]1CC[C@H]2CN(Cc3ccccc3)C[C@@H]21. The number of aromatic nitrogens is 2. The number of alkyl halides is 2. The van der Waals surface area contributed by atoms with E-state index in [2.05, 4.69) is 39.5 Å². The van der Waals surface area contributed by atoms with Crippen molar-refractivity contribution in [2.24, 2.45) is 11.8 Å². The fraction of sp³-hybridized carbons (Fsp3) is 0.526. The average Bonchev–Trinajstić information content (AvgIpc) is 3.29. The number of hydrogen-bond donors (Lipinski definition) is 1. The second-order valence-electron chi connectivity index (χ2n) is 7.20. The van der Waals surface area contributed by atoms with Crippen LogP contribution in [-0.2, 0) is 13.1 Å². The predicted octanol–water partition coefficient (Wildman–Crippen LogP) is 3.28. The van der Waals surface area contributed by atoms with Crippen molar-refractivity contribution in [3.05, 3.63) is 54.1 Å². The lowest BCUT2D eigenvalue weighted by molar-refractivity contribution is 0.0663. The summed E-state index contributed by atoms with van der Waals surface area (Å²) in [6.45, 7) is 1.10. The first kappa shape index (κ1) is 16.7. The molecule has 1 aliphatic carbocycles. The number of fused-ring (bicyclic) bond motifs is 1. The van der Waals surface area contributed by atoms with Crippen molar-refractivity contribution in [2.45, 2.75) is 38.5 Å². The fourth-order valence-corrected chi connectivity index (χ4v) is 4.46. The van der Waals surface area contributed by atoms with Crippen molar-refractivity contribution in [3.63, 3.8) is 0 Å². The summed E-state index contributed by atoms with van der Waals surface area (Å²) >= 11 is 0. The Bertz CT molecular complexity index is 688. The first-order valence-corrected chi connectivity index (χ1v) is 9.00. The van der Waals surface area contributed by atoms with Gasteiger partial charge in [0.1, 0.15) is 5.82 Å². The monoisotopic (exact) mass is 346 g/mol. The van der Waals surface area contributed by atoms with Gasteiger partial charge in [0.2, 0.25) is 0 Å². The highest BCUT2D eigenvalue weighted by molar-refractivity contribution is 5.15. The van der Waals surface area contributed by atoms with Gasteiger partial charge >= 0.3 is 6.55 Å². The van der Waals surface area contributed by atoms with Crippen LogP contribution in [0.4, 0.5) is 8.78 Å². The van der Waals surface area contributed by atoms with Crippen LogP contribution in [0.3, 0.4) is 0 Å². The molecule has 3 atom stereocenters.